The van der Waals surface area contributed by atoms with Crippen molar-refractivity contribution in [3.63, 3.8) is 0 Å². The van der Waals surface area contributed by atoms with Crippen LogP contribution in [0.25, 0.3) is 0 Å². The molecule has 2 N–H and O–H groups in total. The number of anilines is 1. The lowest BCUT2D eigenvalue weighted by Crippen LogP contribution is -2.13. The molecule has 0 fully saturated rings. The first-order valence-electron chi connectivity index (χ1n) is 6.44. The molecule has 0 radical (unpaired) electrons. The number of halogens is 1. The summed E-state index contributed by atoms with van der Waals surface area (Å²) in [5.74, 6) is -0.0281. The van der Waals surface area contributed by atoms with Crippen molar-refractivity contribution >= 4 is 33.7 Å². The van der Waals surface area contributed by atoms with Crippen molar-refractivity contribution in [2.45, 2.75) is 27.2 Å². The third-order valence-electron chi connectivity index (χ3n) is 2.95. The Morgan fingerprint density at radius 3 is 2.40 bits per heavy atom. The number of nitrogen functional groups attached to an aromatic ring is 1. The molecule has 0 aliphatic rings. The molecule has 1 aromatic heterocycles. The zero-order valence-corrected chi connectivity index (χ0v) is 13.4. The van der Waals surface area contributed by atoms with Crippen LogP contribution >= 0.6 is 22.9 Å². The second kappa shape index (κ2) is 5.58. The lowest BCUT2D eigenvalue weighted by molar-refractivity contribution is 0.103. The lowest BCUT2D eigenvalue weighted by Gasteiger charge is -2.18. The summed E-state index contributed by atoms with van der Waals surface area (Å²) in [5.41, 5.74) is 8.41. The van der Waals surface area contributed by atoms with Gasteiger partial charge in [-0.15, -0.1) is 11.3 Å². The average Bonchev–Trinajstić information content (AvgIpc) is 2.68. The largest absolute Gasteiger partial charge is 0.390 e. The second-order valence-corrected chi connectivity index (χ2v) is 7.42. The molecule has 0 amide bonds. The van der Waals surface area contributed by atoms with Crippen LogP contribution in [0, 0.1) is 5.41 Å². The fraction of sp³-hybridized carbons (Fsp3) is 0.312. The van der Waals surface area contributed by atoms with Crippen molar-refractivity contribution in [3.05, 3.63) is 51.4 Å². The number of nitrogens with two attached hydrogens (primary N) is 1. The first-order chi connectivity index (χ1) is 9.28. The molecular formula is C16H18ClNOS. The maximum absolute atomic E-state index is 12.6. The molecule has 0 bridgehead atoms. The Bertz CT molecular complexity index is 623. The number of thiophene rings is 1. The summed E-state index contributed by atoms with van der Waals surface area (Å²) in [6.07, 6.45) is 0.829. The van der Waals surface area contributed by atoms with E-state index in [0.717, 1.165) is 12.0 Å². The van der Waals surface area contributed by atoms with Crippen LogP contribution < -0.4 is 5.73 Å². The molecule has 4 heteroatoms. The number of benzene rings is 1. The Kier molecular flexibility index (Phi) is 4.21. The van der Waals surface area contributed by atoms with E-state index in [1.807, 2.05) is 5.38 Å². The van der Waals surface area contributed by atoms with Crippen LogP contribution in [0.1, 0.15) is 42.3 Å². The molecule has 0 aliphatic heterocycles. The third kappa shape index (κ3) is 3.41. The molecule has 0 saturated carbocycles. The minimum Gasteiger partial charge on any atom is -0.390 e. The SMILES string of the molecule is CC(C)(C)Cc1csc(N)c1C(=O)c1ccc(Cl)cc1. The van der Waals surface area contributed by atoms with Gasteiger partial charge in [0.1, 0.15) is 0 Å². The van der Waals surface area contributed by atoms with E-state index >= 15 is 0 Å². The smallest absolute Gasteiger partial charge is 0.196 e. The van der Waals surface area contributed by atoms with Gasteiger partial charge in [-0.2, -0.15) is 0 Å². The average molecular weight is 308 g/mol. The van der Waals surface area contributed by atoms with Gasteiger partial charge in [-0.1, -0.05) is 32.4 Å². The molecule has 1 aromatic carbocycles. The molecule has 0 saturated heterocycles. The molecule has 2 aromatic rings. The number of hydrogen-bond acceptors (Lipinski definition) is 3. The summed E-state index contributed by atoms with van der Waals surface area (Å²) in [4.78, 5) is 12.6. The zero-order chi connectivity index (χ0) is 14.9. The van der Waals surface area contributed by atoms with E-state index in [-0.39, 0.29) is 11.2 Å². The van der Waals surface area contributed by atoms with Crippen LogP contribution in [-0.2, 0) is 6.42 Å². The Balaban J connectivity index is 2.39. The second-order valence-electron chi connectivity index (χ2n) is 6.07. The molecule has 2 nitrogen and oxygen atoms in total. The summed E-state index contributed by atoms with van der Waals surface area (Å²) < 4.78 is 0. The maximum Gasteiger partial charge on any atom is 0.196 e. The number of hydrogen-bond donors (Lipinski definition) is 1. The zero-order valence-electron chi connectivity index (χ0n) is 11.9. The topological polar surface area (TPSA) is 43.1 Å². The van der Waals surface area contributed by atoms with Crippen molar-refractivity contribution in [2.75, 3.05) is 5.73 Å². The quantitative estimate of drug-likeness (QED) is 0.827. The first-order valence-corrected chi connectivity index (χ1v) is 7.70. The molecule has 20 heavy (non-hydrogen) atoms. The molecule has 106 valence electrons. The molecule has 0 spiro atoms. The van der Waals surface area contributed by atoms with Crippen LogP contribution in [0.15, 0.2) is 29.6 Å². The first kappa shape index (κ1) is 15.1. The van der Waals surface area contributed by atoms with Crippen LogP contribution in [0.4, 0.5) is 5.00 Å². The van der Waals surface area contributed by atoms with Gasteiger partial charge in [0.25, 0.3) is 0 Å². The van der Waals surface area contributed by atoms with Crippen LogP contribution in [-0.4, -0.2) is 5.78 Å². The van der Waals surface area contributed by atoms with E-state index in [4.69, 9.17) is 17.3 Å². The molecular weight excluding hydrogens is 290 g/mol. The van der Waals surface area contributed by atoms with Gasteiger partial charge in [0.05, 0.1) is 10.6 Å². The van der Waals surface area contributed by atoms with E-state index in [0.29, 0.717) is 21.2 Å². The van der Waals surface area contributed by atoms with E-state index in [2.05, 4.69) is 20.8 Å². The van der Waals surface area contributed by atoms with Crippen molar-refractivity contribution in [1.82, 2.24) is 0 Å². The monoisotopic (exact) mass is 307 g/mol. The van der Waals surface area contributed by atoms with Crippen LogP contribution in [0.5, 0.6) is 0 Å². The minimum absolute atomic E-state index is 0.0281. The molecule has 1 heterocycles. The summed E-state index contributed by atoms with van der Waals surface area (Å²) >= 11 is 7.29. The van der Waals surface area contributed by atoms with Crippen LogP contribution in [0.2, 0.25) is 5.02 Å². The van der Waals surface area contributed by atoms with E-state index in [9.17, 15) is 4.79 Å². The summed E-state index contributed by atoms with van der Waals surface area (Å²) in [6, 6.07) is 6.92. The van der Waals surface area contributed by atoms with Gasteiger partial charge < -0.3 is 5.73 Å². The highest BCUT2D eigenvalue weighted by Gasteiger charge is 2.22. The van der Waals surface area contributed by atoms with Crippen molar-refractivity contribution in [2.24, 2.45) is 5.41 Å². The van der Waals surface area contributed by atoms with Crippen LogP contribution in [0.3, 0.4) is 0 Å². The minimum atomic E-state index is -0.0281. The Morgan fingerprint density at radius 2 is 1.85 bits per heavy atom. The summed E-state index contributed by atoms with van der Waals surface area (Å²) in [7, 11) is 0. The predicted molar refractivity (Wildman–Crippen MR) is 86.8 cm³/mol. The standard InChI is InChI=1S/C16H18ClNOS/c1-16(2,3)8-11-9-20-15(18)13(11)14(19)10-4-6-12(17)7-5-10/h4-7,9H,8,18H2,1-3H3. The van der Waals surface area contributed by atoms with E-state index < -0.39 is 0 Å². The van der Waals surface area contributed by atoms with Gasteiger partial charge in [-0.25, -0.2) is 0 Å². The van der Waals surface area contributed by atoms with Gasteiger partial charge in [-0.05, 0) is 47.0 Å². The van der Waals surface area contributed by atoms with E-state index in [1.54, 1.807) is 24.3 Å². The predicted octanol–water partition coefficient (Wildman–Crippen LogP) is 4.80. The Labute approximate surface area is 128 Å². The normalized spacial score (nSPS) is 11.6. The van der Waals surface area contributed by atoms with Crippen molar-refractivity contribution in [1.29, 1.82) is 0 Å². The van der Waals surface area contributed by atoms with Gasteiger partial charge in [0.15, 0.2) is 5.78 Å². The fourth-order valence-electron chi connectivity index (χ4n) is 2.12. The summed E-state index contributed by atoms with van der Waals surface area (Å²) in [6.45, 7) is 6.45. The summed E-state index contributed by atoms with van der Waals surface area (Å²) in [5, 5.41) is 3.20. The molecule has 0 atom stereocenters. The highest BCUT2D eigenvalue weighted by atomic mass is 35.5. The molecule has 0 aliphatic carbocycles. The molecule has 0 unspecified atom stereocenters. The number of carbonyl (C=O) groups is 1. The van der Waals surface area contributed by atoms with Crippen molar-refractivity contribution < 1.29 is 4.79 Å². The third-order valence-corrected chi connectivity index (χ3v) is 4.06. The van der Waals surface area contributed by atoms with Crippen molar-refractivity contribution in [3.8, 4) is 0 Å². The molecule has 2 rings (SSSR count). The Morgan fingerprint density at radius 1 is 1.25 bits per heavy atom. The highest BCUT2D eigenvalue weighted by Crippen LogP contribution is 2.32. The highest BCUT2D eigenvalue weighted by molar-refractivity contribution is 7.14. The lowest BCUT2D eigenvalue weighted by atomic mass is 9.86. The number of rotatable bonds is 3. The number of carbonyl (C=O) groups excluding carboxylic acids is 1. The van der Waals surface area contributed by atoms with Gasteiger partial charge >= 0.3 is 0 Å². The van der Waals surface area contributed by atoms with Gasteiger partial charge in [-0.3, -0.25) is 4.79 Å². The van der Waals surface area contributed by atoms with Gasteiger partial charge in [0.2, 0.25) is 0 Å². The van der Waals surface area contributed by atoms with E-state index in [1.165, 1.54) is 11.3 Å². The Hall–Kier alpha value is -1.32. The fourth-order valence-corrected chi connectivity index (χ4v) is 3.05. The maximum atomic E-state index is 12.6. The van der Waals surface area contributed by atoms with Gasteiger partial charge in [0, 0.05) is 10.6 Å². The number of ketones is 1.